The highest BCUT2D eigenvalue weighted by molar-refractivity contribution is 5.54. The molecular weight excluding hydrogens is 201 g/mol. The molecule has 0 amide bonds. The molecule has 1 aromatic carbocycles. The molecule has 0 spiro atoms. The number of ether oxygens (including phenoxy) is 1. The van der Waals surface area contributed by atoms with Crippen molar-refractivity contribution >= 4 is 6.08 Å². The van der Waals surface area contributed by atoms with Crippen LogP contribution in [-0.4, -0.2) is 11.5 Å². The Labute approximate surface area is 85.1 Å². The number of nitro groups is 1. The van der Waals surface area contributed by atoms with Crippen LogP contribution >= 0.6 is 0 Å². The van der Waals surface area contributed by atoms with E-state index in [1.165, 1.54) is 6.07 Å². The van der Waals surface area contributed by atoms with Crippen LogP contribution < -0.4 is 4.74 Å². The number of hydrogen-bond donors (Lipinski definition) is 0. The van der Waals surface area contributed by atoms with Crippen LogP contribution in [0.2, 0.25) is 0 Å². The van der Waals surface area contributed by atoms with Gasteiger partial charge in [0.25, 0.3) is 0 Å². The van der Waals surface area contributed by atoms with Gasteiger partial charge in [-0.2, -0.15) is 0 Å². The van der Waals surface area contributed by atoms with Gasteiger partial charge < -0.3 is 4.74 Å². The molecule has 2 rings (SSSR count). The van der Waals surface area contributed by atoms with Crippen LogP contribution in [0, 0.1) is 15.9 Å². The van der Waals surface area contributed by atoms with Crippen molar-refractivity contribution in [1.29, 1.82) is 0 Å². The first-order valence-electron chi connectivity index (χ1n) is 4.44. The fourth-order valence-corrected chi connectivity index (χ4v) is 1.52. The Morgan fingerprint density at radius 2 is 2.33 bits per heavy atom. The Morgan fingerprint density at radius 3 is 3.07 bits per heavy atom. The van der Waals surface area contributed by atoms with Gasteiger partial charge in [-0.3, -0.25) is 10.1 Å². The van der Waals surface area contributed by atoms with Crippen LogP contribution in [-0.2, 0) is 6.42 Å². The molecule has 0 unspecified atom stereocenters. The summed E-state index contributed by atoms with van der Waals surface area (Å²) in [6.07, 6.45) is 2.38. The predicted molar refractivity (Wildman–Crippen MR) is 51.6 cm³/mol. The van der Waals surface area contributed by atoms with E-state index in [-0.39, 0.29) is 5.56 Å². The summed E-state index contributed by atoms with van der Waals surface area (Å²) < 4.78 is 18.8. The Kier molecular flexibility index (Phi) is 2.37. The third kappa shape index (κ3) is 1.81. The monoisotopic (exact) mass is 209 g/mol. The van der Waals surface area contributed by atoms with Crippen LogP contribution in [0.25, 0.3) is 6.08 Å². The molecule has 0 saturated carbocycles. The fraction of sp³-hybridized carbons (Fsp3) is 0.200. The van der Waals surface area contributed by atoms with Crippen LogP contribution in [0.15, 0.2) is 18.3 Å². The maximum Gasteiger partial charge on any atom is 0.235 e. The Bertz CT molecular complexity index is 443. The summed E-state index contributed by atoms with van der Waals surface area (Å²) in [6, 6.07) is 3.10. The number of rotatable bonds is 2. The van der Waals surface area contributed by atoms with Crippen LogP contribution in [0.5, 0.6) is 5.75 Å². The SMILES string of the molecule is O=[N+]([O-])/C=C/c1ccc2c(c1F)CCO2. The van der Waals surface area contributed by atoms with Gasteiger partial charge in [0, 0.05) is 23.6 Å². The molecule has 1 aromatic rings. The van der Waals surface area contributed by atoms with Crippen molar-refractivity contribution in [3.05, 3.63) is 45.4 Å². The Morgan fingerprint density at radius 1 is 1.53 bits per heavy atom. The smallest absolute Gasteiger partial charge is 0.235 e. The molecule has 0 N–H and O–H groups in total. The van der Waals surface area contributed by atoms with E-state index >= 15 is 0 Å². The Hall–Kier alpha value is -1.91. The lowest BCUT2D eigenvalue weighted by Crippen LogP contribution is -1.90. The average Bonchev–Trinajstić information content (AvgIpc) is 2.65. The average molecular weight is 209 g/mol. The normalized spacial score (nSPS) is 13.9. The van der Waals surface area contributed by atoms with Crippen LogP contribution in [0.4, 0.5) is 4.39 Å². The number of halogens is 1. The molecule has 0 atom stereocenters. The van der Waals surface area contributed by atoms with Crippen molar-refractivity contribution in [3.63, 3.8) is 0 Å². The first-order chi connectivity index (χ1) is 7.18. The van der Waals surface area contributed by atoms with Gasteiger partial charge in [0.1, 0.15) is 11.6 Å². The maximum atomic E-state index is 13.7. The van der Waals surface area contributed by atoms with Crippen molar-refractivity contribution in [1.82, 2.24) is 0 Å². The standard InChI is InChI=1S/C10H8FNO3/c11-10-7(3-5-12(13)14)1-2-9-8(10)4-6-15-9/h1-3,5H,4,6H2/b5-3+. The van der Waals surface area contributed by atoms with Gasteiger partial charge in [-0.25, -0.2) is 4.39 Å². The van der Waals surface area contributed by atoms with E-state index in [1.54, 1.807) is 6.07 Å². The van der Waals surface area contributed by atoms with E-state index in [0.29, 0.717) is 24.3 Å². The van der Waals surface area contributed by atoms with Gasteiger partial charge in [-0.15, -0.1) is 0 Å². The first-order valence-corrected chi connectivity index (χ1v) is 4.44. The van der Waals surface area contributed by atoms with Gasteiger partial charge in [-0.1, -0.05) is 0 Å². The van der Waals surface area contributed by atoms with Crippen LogP contribution in [0.3, 0.4) is 0 Å². The predicted octanol–water partition coefficient (Wildman–Crippen LogP) is 2.01. The molecular formula is C10H8FNO3. The lowest BCUT2D eigenvalue weighted by atomic mass is 10.1. The zero-order chi connectivity index (χ0) is 10.8. The van der Waals surface area contributed by atoms with Crippen molar-refractivity contribution in [2.75, 3.05) is 6.61 Å². The summed E-state index contributed by atoms with van der Waals surface area (Å²) in [5.41, 5.74) is 0.719. The largest absolute Gasteiger partial charge is 0.493 e. The summed E-state index contributed by atoms with van der Waals surface area (Å²) in [6.45, 7) is 0.467. The van der Waals surface area contributed by atoms with Gasteiger partial charge in [-0.05, 0) is 12.1 Å². The van der Waals surface area contributed by atoms with Gasteiger partial charge in [0.2, 0.25) is 6.20 Å². The minimum absolute atomic E-state index is 0.218. The molecule has 78 valence electrons. The van der Waals surface area contributed by atoms with Crippen LogP contribution in [0.1, 0.15) is 11.1 Å². The Balaban J connectivity index is 2.38. The third-order valence-corrected chi connectivity index (χ3v) is 2.22. The van der Waals surface area contributed by atoms with Crippen molar-refractivity contribution in [3.8, 4) is 5.75 Å². The molecule has 0 bridgehead atoms. The second kappa shape index (κ2) is 3.68. The molecule has 4 nitrogen and oxygen atoms in total. The van der Waals surface area contributed by atoms with E-state index in [2.05, 4.69) is 0 Å². The van der Waals surface area contributed by atoms with E-state index in [4.69, 9.17) is 4.74 Å². The summed E-state index contributed by atoms with van der Waals surface area (Å²) in [5, 5.41) is 10.1. The maximum absolute atomic E-state index is 13.7. The van der Waals surface area contributed by atoms with Crippen molar-refractivity contribution < 1.29 is 14.1 Å². The van der Waals surface area contributed by atoms with Crippen molar-refractivity contribution in [2.24, 2.45) is 0 Å². The summed E-state index contributed by atoms with van der Waals surface area (Å²) in [7, 11) is 0. The lowest BCUT2D eigenvalue weighted by Gasteiger charge is -2.01. The second-order valence-corrected chi connectivity index (χ2v) is 3.15. The zero-order valence-corrected chi connectivity index (χ0v) is 7.77. The van der Waals surface area contributed by atoms with Crippen molar-refractivity contribution in [2.45, 2.75) is 6.42 Å². The van der Waals surface area contributed by atoms with Gasteiger partial charge in [0.05, 0.1) is 11.5 Å². The summed E-state index contributed by atoms with van der Waals surface area (Å²) in [5.74, 6) is 0.105. The highest BCUT2D eigenvalue weighted by Crippen LogP contribution is 2.29. The number of benzene rings is 1. The molecule has 1 aliphatic heterocycles. The number of fused-ring (bicyclic) bond motifs is 1. The quantitative estimate of drug-likeness (QED) is 0.553. The van der Waals surface area contributed by atoms with E-state index in [1.807, 2.05) is 0 Å². The molecule has 1 aliphatic rings. The summed E-state index contributed by atoms with van der Waals surface area (Å²) >= 11 is 0. The number of hydrogen-bond acceptors (Lipinski definition) is 3. The number of nitrogens with zero attached hydrogens (tertiary/aromatic N) is 1. The molecule has 0 fully saturated rings. The second-order valence-electron chi connectivity index (χ2n) is 3.15. The van der Waals surface area contributed by atoms with Gasteiger partial charge >= 0.3 is 0 Å². The first kappa shape index (κ1) is 9.64. The lowest BCUT2D eigenvalue weighted by molar-refractivity contribution is -0.400. The topological polar surface area (TPSA) is 52.4 Å². The van der Waals surface area contributed by atoms with Gasteiger partial charge in [0.15, 0.2) is 0 Å². The van der Waals surface area contributed by atoms with E-state index in [9.17, 15) is 14.5 Å². The molecule has 0 radical (unpaired) electrons. The van der Waals surface area contributed by atoms with E-state index < -0.39 is 10.7 Å². The molecule has 15 heavy (non-hydrogen) atoms. The highest BCUT2D eigenvalue weighted by atomic mass is 19.1. The zero-order valence-electron chi connectivity index (χ0n) is 7.77. The minimum Gasteiger partial charge on any atom is -0.493 e. The highest BCUT2D eigenvalue weighted by Gasteiger charge is 2.18. The molecule has 1 heterocycles. The molecule has 5 heteroatoms. The van der Waals surface area contributed by atoms with E-state index in [0.717, 1.165) is 12.3 Å². The molecule has 0 aromatic heterocycles. The summed E-state index contributed by atoms with van der Waals surface area (Å²) in [4.78, 5) is 9.47. The molecule has 0 aliphatic carbocycles. The third-order valence-electron chi connectivity index (χ3n) is 2.22. The fourth-order valence-electron chi connectivity index (χ4n) is 1.52. The minimum atomic E-state index is -0.622. The molecule has 0 saturated heterocycles.